The van der Waals surface area contributed by atoms with Crippen molar-refractivity contribution in [3.63, 3.8) is 0 Å². The molecule has 0 aliphatic heterocycles. The number of hydrogen-bond acceptors (Lipinski definition) is 4. The van der Waals surface area contributed by atoms with Crippen LogP contribution >= 0.6 is 0 Å². The first-order valence-electron chi connectivity index (χ1n) is 6.60. The summed E-state index contributed by atoms with van der Waals surface area (Å²) in [7, 11) is 1.58. The highest BCUT2D eigenvalue weighted by Crippen LogP contribution is 2.15. The molecular weight excluding hydrogens is 240 g/mol. The lowest BCUT2D eigenvalue weighted by atomic mass is 10.0. The monoisotopic (exact) mass is 263 g/mol. The molecule has 1 aromatic rings. The molecule has 1 heterocycles. The van der Waals surface area contributed by atoms with E-state index in [1.165, 1.54) is 0 Å². The third kappa shape index (κ3) is 4.63. The third-order valence-electron chi connectivity index (χ3n) is 3.00. The first kappa shape index (κ1) is 15.6. The summed E-state index contributed by atoms with van der Waals surface area (Å²) < 4.78 is 5.34. The minimum atomic E-state index is -0.410. The van der Waals surface area contributed by atoms with Gasteiger partial charge in [-0.15, -0.1) is 0 Å². The van der Waals surface area contributed by atoms with Crippen LogP contribution in [0.5, 0.6) is 0 Å². The standard InChI is InChI=1S/C15H23N2O2/c1-5-9-17(13-7-6-8-16-10-13)11-14(19-4)15(18)12(2)3/h6-8,10,12,14H,1,5,9,11H2,2-4H3. The average molecular weight is 263 g/mol. The van der Waals surface area contributed by atoms with Gasteiger partial charge in [0.25, 0.3) is 0 Å². The smallest absolute Gasteiger partial charge is 0.165 e. The Morgan fingerprint density at radius 1 is 1.53 bits per heavy atom. The zero-order valence-electron chi connectivity index (χ0n) is 12.0. The van der Waals surface area contributed by atoms with Gasteiger partial charge in [0.1, 0.15) is 6.10 Å². The molecule has 4 heteroatoms. The van der Waals surface area contributed by atoms with Crippen molar-refractivity contribution in [2.75, 3.05) is 25.1 Å². The first-order valence-corrected chi connectivity index (χ1v) is 6.60. The van der Waals surface area contributed by atoms with Crippen LogP contribution in [0.2, 0.25) is 0 Å². The second-order valence-corrected chi connectivity index (χ2v) is 4.79. The van der Waals surface area contributed by atoms with Gasteiger partial charge in [0.05, 0.1) is 18.4 Å². The van der Waals surface area contributed by atoms with Crippen molar-refractivity contribution >= 4 is 11.5 Å². The Labute approximate surface area is 115 Å². The summed E-state index contributed by atoms with van der Waals surface area (Å²) in [5, 5.41) is 0. The maximum absolute atomic E-state index is 12.1. The molecule has 1 unspecified atom stereocenters. The van der Waals surface area contributed by atoms with Gasteiger partial charge in [-0.05, 0) is 18.6 Å². The molecule has 0 bridgehead atoms. The molecule has 0 amide bonds. The highest BCUT2D eigenvalue weighted by molar-refractivity contribution is 5.85. The van der Waals surface area contributed by atoms with E-state index in [9.17, 15) is 4.79 Å². The lowest BCUT2D eigenvalue weighted by Gasteiger charge is -2.28. The van der Waals surface area contributed by atoms with Gasteiger partial charge < -0.3 is 9.64 Å². The minimum Gasteiger partial charge on any atom is -0.372 e. The third-order valence-corrected chi connectivity index (χ3v) is 3.00. The zero-order chi connectivity index (χ0) is 14.3. The molecule has 0 aromatic carbocycles. The van der Waals surface area contributed by atoms with E-state index in [1.54, 1.807) is 19.5 Å². The van der Waals surface area contributed by atoms with Crippen LogP contribution in [0.1, 0.15) is 20.3 Å². The van der Waals surface area contributed by atoms with Gasteiger partial charge in [-0.25, -0.2) is 0 Å². The Balaban J connectivity index is 2.80. The van der Waals surface area contributed by atoms with E-state index < -0.39 is 6.10 Å². The fourth-order valence-electron chi connectivity index (χ4n) is 1.91. The van der Waals surface area contributed by atoms with Crippen molar-refractivity contribution in [1.82, 2.24) is 4.98 Å². The summed E-state index contributed by atoms with van der Waals surface area (Å²) in [6.45, 7) is 8.97. The fourth-order valence-corrected chi connectivity index (χ4v) is 1.91. The van der Waals surface area contributed by atoms with E-state index in [1.807, 2.05) is 26.0 Å². The summed E-state index contributed by atoms with van der Waals surface area (Å²) in [6.07, 6.45) is 3.88. The molecule has 105 valence electrons. The van der Waals surface area contributed by atoms with E-state index in [-0.39, 0.29) is 11.7 Å². The van der Waals surface area contributed by atoms with E-state index >= 15 is 0 Å². The maximum atomic E-state index is 12.1. The SMILES string of the molecule is [CH2]CCN(CC(OC)C(=O)C(C)C)c1cccnc1. The van der Waals surface area contributed by atoms with Crippen LogP contribution in [-0.4, -0.2) is 37.1 Å². The minimum absolute atomic E-state index is 0.0274. The van der Waals surface area contributed by atoms with Crippen molar-refractivity contribution in [1.29, 1.82) is 0 Å². The largest absolute Gasteiger partial charge is 0.372 e. The van der Waals surface area contributed by atoms with Crippen LogP contribution < -0.4 is 4.90 Å². The molecule has 0 aliphatic carbocycles. The van der Waals surface area contributed by atoms with Gasteiger partial charge in [-0.1, -0.05) is 20.8 Å². The van der Waals surface area contributed by atoms with Crippen LogP contribution in [0.15, 0.2) is 24.5 Å². The number of nitrogens with zero attached hydrogens (tertiary/aromatic N) is 2. The summed E-state index contributed by atoms with van der Waals surface area (Å²) >= 11 is 0. The van der Waals surface area contributed by atoms with Crippen LogP contribution in [-0.2, 0) is 9.53 Å². The van der Waals surface area contributed by atoms with E-state index in [4.69, 9.17) is 4.74 Å². The molecule has 1 rings (SSSR count). The number of methoxy groups -OCH3 is 1. The lowest BCUT2D eigenvalue weighted by Crippen LogP contribution is -2.40. The number of rotatable bonds is 8. The Morgan fingerprint density at radius 3 is 2.74 bits per heavy atom. The molecule has 0 spiro atoms. The summed E-state index contributed by atoms with van der Waals surface area (Å²) in [6, 6.07) is 3.87. The van der Waals surface area contributed by atoms with Crippen molar-refractivity contribution in [2.24, 2.45) is 5.92 Å². The summed E-state index contributed by atoms with van der Waals surface area (Å²) in [5.41, 5.74) is 0.991. The number of carbonyl (C=O) groups is 1. The lowest BCUT2D eigenvalue weighted by molar-refractivity contribution is -0.131. The molecule has 1 atom stereocenters. The van der Waals surface area contributed by atoms with Gasteiger partial charge in [0, 0.05) is 25.8 Å². The van der Waals surface area contributed by atoms with E-state index in [0.29, 0.717) is 6.54 Å². The molecule has 0 aliphatic rings. The van der Waals surface area contributed by atoms with Gasteiger partial charge in [-0.3, -0.25) is 9.78 Å². The topological polar surface area (TPSA) is 42.4 Å². The number of pyridine rings is 1. The predicted octanol–water partition coefficient (Wildman–Crippen LogP) is 2.35. The average Bonchev–Trinajstić information content (AvgIpc) is 2.43. The zero-order valence-corrected chi connectivity index (χ0v) is 12.0. The number of carbonyl (C=O) groups excluding carboxylic acids is 1. The molecule has 19 heavy (non-hydrogen) atoms. The van der Waals surface area contributed by atoms with Crippen molar-refractivity contribution < 1.29 is 9.53 Å². The quantitative estimate of drug-likeness (QED) is 0.722. The van der Waals surface area contributed by atoms with Gasteiger partial charge in [-0.2, -0.15) is 0 Å². The Kier molecular flexibility index (Phi) is 6.50. The van der Waals surface area contributed by atoms with Crippen molar-refractivity contribution in [3.8, 4) is 0 Å². The molecule has 0 N–H and O–H groups in total. The maximum Gasteiger partial charge on any atom is 0.165 e. The Morgan fingerprint density at radius 2 is 2.26 bits per heavy atom. The van der Waals surface area contributed by atoms with Gasteiger partial charge in [0.2, 0.25) is 0 Å². The Bertz CT molecular complexity index is 379. The van der Waals surface area contributed by atoms with Crippen molar-refractivity contribution in [3.05, 3.63) is 31.5 Å². The van der Waals surface area contributed by atoms with Crippen LogP contribution in [0.4, 0.5) is 5.69 Å². The fraction of sp³-hybridized carbons (Fsp3) is 0.533. The van der Waals surface area contributed by atoms with Crippen LogP contribution in [0.25, 0.3) is 0 Å². The molecular formula is C15H23N2O2. The molecule has 4 nitrogen and oxygen atoms in total. The molecule has 0 fully saturated rings. The predicted molar refractivity (Wildman–Crippen MR) is 77.1 cm³/mol. The second-order valence-electron chi connectivity index (χ2n) is 4.79. The molecule has 1 radical (unpaired) electrons. The molecule has 1 aromatic heterocycles. The van der Waals surface area contributed by atoms with Crippen LogP contribution in [0, 0.1) is 12.8 Å². The normalized spacial score (nSPS) is 12.5. The van der Waals surface area contributed by atoms with E-state index in [0.717, 1.165) is 18.7 Å². The van der Waals surface area contributed by atoms with Gasteiger partial charge in [0.15, 0.2) is 5.78 Å². The number of anilines is 1. The number of Topliss-reactive ketones (excluding diaryl/α,β-unsaturated/α-hetero) is 1. The summed E-state index contributed by atoms with van der Waals surface area (Å²) in [4.78, 5) is 18.3. The van der Waals surface area contributed by atoms with Crippen molar-refractivity contribution in [2.45, 2.75) is 26.4 Å². The molecule has 0 saturated heterocycles. The molecule has 0 saturated carbocycles. The van der Waals surface area contributed by atoms with Gasteiger partial charge >= 0.3 is 0 Å². The number of hydrogen-bond donors (Lipinski definition) is 0. The number of ketones is 1. The van der Waals surface area contributed by atoms with Crippen LogP contribution in [0.3, 0.4) is 0 Å². The first-order chi connectivity index (χ1) is 9.10. The second kappa shape index (κ2) is 7.89. The Hall–Kier alpha value is -1.42. The number of ether oxygens (including phenoxy) is 1. The highest BCUT2D eigenvalue weighted by atomic mass is 16.5. The highest BCUT2D eigenvalue weighted by Gasteiger charge is 2.23. The summed E-state index contributed by atoms with van der Waals surface area (Å²) in [5.74, 6) is 0.0981. The van der Waals surface area contributed by atoms with E-state index in [2.05, 4.69) is 16.8 Å². The number of aromatic nitrogens is 1.